The number of rotatable bonds is 5. The van der Waals surface area contributed by atoms with Gasteiger partial charge in [0.25, 0.3) is 0 Å². The van der Waals surface area contributed by atoms with E-state index >= 15 is 0 Å². The maximum absolute atomic E-state index is 4.84. The average molecular weight is 254 g/mol. The van der Waals surface area contributed by atoms with Crippen LogP contribution >= 0.6 is 49.7 Å². The van der Waals surface area contributed by atoms with Gasteiger partial charge in [-0.3, -0.25) is 0 Å². The van der Waals surface area contributed by atoms with Crippen LogP contribution in [0, 0.1) is 0 Å². The van der Waals surface area contributed by atoms with Crippen LogP contribution in [-0.2, 0) is 0 Å². The SMILES string of the molecule is CCCC(CNC(=S)S)NC(=S)S. The largest absolute Gasteiger partial charge is 0.369 e. The van der Waals surface area contributed by atoms with Crippen LogP contribution in [0.2, 0.25) is 0 Å². The first-order chi connectivity index (χ1) is 6.06. The second kappa shape index (κ2) is 7.84. The number of thiol groups is 2. The number of nitrogens with one attached hydrogen (secondary N) is 2. The molecule has 76 valence electrons. The Balaban J connectivity index is 3.79. The van der Waals surface area contributed by atoms with Gasteiger partial charge in [0.1, 0.15) is 8.64 Å². The van der Waals surface area contributed by atoms with Gasteiger partial charge in [0.05, 0.1) is 0 Å². The maximum atomic E-state index is 4.84. The molecule has 0 aromatic carbocycles. The quantitative estimate of drug-likeness (QED) is 0.444. The average Bonchev–Trinajstić information content (AvgIpc) is 1.99. The molecular weight excluding hydrogens is 240 g/mol. The minimum atomic E-state index is 0.278. The van der Waals surface area contributed by atoms with Crippen LogP contribution in [0.4, 0.5) is 0 Å². The lowest BCUT2D eigenvalue weighted by molar-refractivity contribution is 0.548. The van der Waals surface area contributed by atoms with Crippen LogP contribution < -0.4 is 10.6 Å². The lowest BCUT2D eigenvalue weighted by atomic mass is 10.2. The van der Waals surface area contributed by atoms with Gasteiger partial charge in [-0.25, -0.2) is 0 Å². The van der Waals surface area contributed by atoms with Gasteiger partial charge in [-0.05, 0) is 6.42 Å². The summed E-state index contributed by atoms with van der Waals surface area (Å²) < 4.78 is 1.03. The normalized spacial score (nSPS) is 11.9. The van der Waals surface area contributed by atoms with Crippen LogP contribution in [0.15, 0.2) is 0 Å². The summed E-state index contributed by atoms with van der Waals surface area (Å²) >= 11 is 17.6. The Morgan fingerprint density at radius 1 is 1.31 bits per heavy atom. The van der Waals surface area contributed by atoms with E-state index in [4.69, 9.17) is 24.4 Å². The van der Waals surface area contributed by atoms with Gasteiger partial charge in [0.15, 0.2) is 0 Å². The fourth-order valence-electron chi connectivity index (χ4n) is 0.959. The van der Waals surface area contributed by atoms with Crippen molar-refractivity contribution in [2.24, 2.45) is 0 Å². The second-order valence-electron chi connectivity index (χ2n) is 2.62. The van der Waals surface area contributed by atoms with E-state index in [0.717, 1.165) is 19.4 Å². The molecule has 0 aliphatic rings. The van der Waals surface area contributed by atoms with Crippen LogP contribution in [0.3, 0.4) is 0 Å². The third kappa shape index (κ3) is 8.80. The van der Waals surface area contributed by atoms with Crippen molar-refractivity contribution in [1.29, 1.82) is 0 Å². The maximum Gasteiger partial charge on any atom is 0.130 e. The molecule has 0 amide bonds. The highest BCUT2D eigenvalue weighted by Gasteiger charge is 2.06. The molecule has 0 aliphatic heterocycles. The van der Waals surface area contributed by atoms with Gasteiger partial charge in [-0.1, -0.05) is 37.8 Å². The van der Waals surface area contributed by atoms with Gasteiger partial charge in [0, 0.05) is 12.6 Å². The molecule has 1 atom stereocenters. The number of hydrogen-bond acceptors (Lipinski definition) is 2. The summed E-state index contributed by atoms with van der Waals surface area (Å²) in [6.45, 7) is 2.85. The minimum Gasteiger partial charge on any atom is -0.369 e. The molecule has 0 heterocycles. The first-order valence-corrected chi connectivity index (χ1v) is 5.73. The van der Waals surface area contributed by atoms with Gasteiger partial charge in [-0.2, -0.15) is 0 Å². The molecule has 0 aliphatic carbocycles. The molecule has 0 rings (SSSR count). The Labute approximate surface area is 101 Å². The minimum absolute atomic E-state index is 0.278. The van der Waals surface area contributed by atoms with Gasteiger partial charge >= 0.3 is 0 Å². The highest BCUT2D eigenvalue weighted by molar-refractivity contribution is 8.11. The zero-order chi connectivity index (χ0) is 10.3. The fourth-order valence-corrected chi connectivity index (χ4v) is 1.48. The molecule has 0 bridgehead atoms. The molecular formula is C7H14N2S4. The molecule has 0 aromatic rings. The molecule has 0 saturated heterocycles. The van der Waals surface area contributed by atoms with Crippen molar-refractivity contribution in [1.82, 2.24) is 10.6 Å². The first-order valence-electron chi connectivity index (χ1n) is 4.02. The van der Waals surface area contributed by atoms with Crippen molar-refractivity contribution in [2.75, 3.05) is 6.54 Å². The third-order valence-electron chi connectivity index (χ3n) is 1.46. The summed E-state index contributed by atoms with van der Waals surface area (Å²) in [6, 6.07) is 0.278. The van der Waals surface area contributed by atoms with Crippen LogP contribution in [0.5, 0.6) is 0 Å². The lowest BCUT2D eigenvalue weighted by Gasteiger charge is -2.18. The monoisotopic (exact) mass is 254 g/mol. The topological polar surface area (TPSA) is 24.1 Å². The lowest BCUT2D eigenvalue weighted by Crippen LogP contribution is -2.40. The zero-order valence-corrected chi connectivity index (χ0v) is 10.8. The standard InChI is InChI=1S/C7H14N2S4/c1-2-3-5(9-7(12)13)4-8-6(10)11/h5H,2-4H2,1H3,(H2,8,10,11)(H2,9,12,13). The van der Waals surface area contributed by atoms with Crippen LogP contribution in [0.25, 0.3) is 0 Å². The van der Waals surface area contributed by atoms with Crippen LogP contribution in [-0.4, -0.2) is 21.2 Å². The van der Waals surface area contributed by atoms with E-state index in [1.54, 1.807) is 0 Å². The summed E-state index contributed by atoms with van der Waals surface area (Å²) in [4.78, 5) is 0. The third-order valence-corrected chi connectivity index (χ3v) is 2.01. The van der Waals surface area contributed by atoms with Gasteiger partial charge < -0.3 is 10.6 Å². The number of thiocarbonyl (C=S) groups is 2. The molecule has 0 spiro atoms. The molecule has 0 aromatic heterocycles. The van der Waals surface area contributed by atoms with E-state index in [1.807, 2.05) is 0 Å². The first kappa shape index (κ1) is 13.5. The molecule has 2 nitrogen and oxygen atoms in total. The van der Waals surface area contributed by atoms with E-state index in [9.17, 15) is 0 Å². The highest BCUT2D eigenvalue weighted by atomic mass is 32.1. The Kier molecular flexibility index (Phi) is 8.13. The molecule has 0 radical (unpaired) electrons. The van der Waals surface area contributed by atoms with Gasteiger partial charge in [0.2, 0.25) is 0 Å². The van der Waals surface area contributed by atoms with E-state index in [-0.39, 0.29) is 6.04 Å². The number of hydrogen-bond donors (Lipinski definition) is 4. The fraction of sp³-hybridized carbons (Fsp3) is 0.714. The molecule has 6 heteroatoms. The van der Waals surface area contributed by atoms with Crippen molar-refractivity contribution in [3.63, 3.8) is 0 Å². The Hall–Kier alpha value is 0.480. The van der Waals surface area contributed by atoms with Crippen LogP contribution in [0.1, 0.15) is 19.8 Å². The zero-order valence-electron chi connectivity index (χ0n) is 7.41. The van der Waals surface area contributed by atoms with Crippen molar-refractivity contribution in [2.45, 2.75) is 25.8 Å². The molecule has 13 heavy (non-hydrogen) atoms. The van der Waals surface area contributed by atoms with E-state index in [1.165, 1.54) is 0 Å². The predicted molar refractivity (Wildman–Crippen MR) is 73.0 cm³/mol. The summed E-state index contributed by atoms with van der Waals surface area (Å²) in [5.74, 6) is 0. The smallest absolute Gasteiger partial charge is 0.130 e. The predicted octanol–water partition coefficient (Wildman–Crippen LogP) is 1.76. The van der Waals surface area contributed by atoms with E-state index in [0.29, 0.717) is 8.64 Å². The summed E-state index contributed by atoms with van der Waals surface area (Å²) in [6.07, 6.45) is 2.12. The van der Waals surface area contributed by atoms with E-state index in [2.05, 4.69) is 42.8 Å². The summed E-state index contributed by atoms with van der Waals surface area (Å²) in [7, 11) is 0. The molecule has 0 saturated carbocycles. The summed E-state index contributed by atoms with van der Waals surface area (Å²) in [5, 5.41) is 6.05. The van der Waals surface area contributed by atoms with Crippen molar-refractivity contribution in [3.8, 4) is 0 Å². The van der Waals surface area contributed by atoms with E-state index < -0.39 is 0 Å². The van der Waals surface area contributed by atoms with Crippen molar-refractivity contribution in [3.05, 3.63) is 0 Å². The second-order valence-corrected chi connectivity index (χ2v) is 4.94. The van der Waals surface area contributed by atoms with Gasteiger partial charge in [-0.15, -0.1) is 25.3 Å². The Morgan fingerprint density at radius 3 is 2.31 bits per heavy atom. The van der Waals surface area contributed by atoms with Crippen molar-refractivity contribution >= 4 is 58.3 Å². The molecule has 0 fully saturated rings. The van der Waals surface area contributed by atoms with Crippen molar-refractivity contribution < 1.29 is 0 Å². The Morgan fingerprint density at radius 2 is 1.92 bits per heavy atom. The molecule has 1 unspecified atom stereocenters. The Bertz CT molecular complexity index is 183. The highest BCUT2D eigenvalue weighted by Crippen LogP contribution is 1.97. The summed E-state index contributed by atoms with van der Waals surface area (Å²) in [5.41, 5.74) is 0. The molecule has 2 N–H and O–H groups in total.